The smallest absolute Gasteiger partial charge is 0.113 e. The van der Waals surface area contributed by atoms with E-state index in [9.17, 15) is 0 Å². The lowest BCUT2D eigenvalue weighted by Crippen LogP contribution is -2.24. The van der Waals surface area contributed by atoms with Crippen LogP contribution in [0.1, 0.15) is 24.2 Å². The zero-order valence-corrected chi connectivity index (χ0v) is 27.3. The second-order valence-electron chi connectivity index (χ2n) is 11.5. The molecule has 2 aliphatic heterocycles. The SMILES string of the molecule is C(#CC12CNCC1C2)c1ccccn1.Clc1cccc(I)c1.Clc1cccc(N2CC3CC3(C#Cc3ccccn3)C2)c1. The molecule has 0 spiro atoms. The minimum absolute atomic E-state index is 0.167. The molecule has 2 saturated heterocycles. The predicted octanol–water partition coefficient (Wildman–Crippen LogP) is 7.60. The Balaban J connectivity index is 0.000000128. The molecule has 4 aromatic rings. The van der Waals surface area contributed by atoms with Crippen LogP contribution in [-0.2, 0) is 0 Å². The molecule has 4 heterocycles. The van der Waals surface area contributed by atoms with E-state index in [1.807, 2.05) is 78.9 Å². The van der Waals surface area contributed by atoms with Gasteiger partial charge < -0.3 is 10.2 Å². The standard InChI is InChI=1S/C18H15ClN2.C12H12N2.C6H4ClI/c19-15-4-3-6-17(10-15)21-12-14-11-18(14,13-21)8-7-16-5-1-2-9-20-16;1-2-6-14-11(3-1)4-5-12-7-10(12)8-13-9-12;7-5-2-1-3-6(8)4-5/h1-6,9-10,14H,11-13H2;1-3,6,10,13H,7-9H2;1-4H. The van der Waals surface area contributed by atoms with Crippen LogP contribution in [0.3, 0.4) is 0 Å². The third-order valence-corrected chi connectivity index (χ3v) is 9.52. The molecule has 4 fully saturated rings. The normalized spacial score (nSPS) is 25.1. The van der Waals surface area contributed by atoms with Gasteiger partial charge in [-0.25, -0.2) is 9.97 Å². The third kappa shape index (κ3) is 7.72. The lowest BCUT2D eigenvalue weighted by atomic mass is 10.1. The van der Waals surface area contributed by atoms with E-state index in [2.05, 4.69) is 72.5 Å². The molecule has 0 bridgehead atoms. The molecule has 0 radical (unpaired) electrons. The number of benzene rings is 2. The van der Waals surface area contributed by atoms with E-state index in [-0.39, 0.29) is 5.41 Å². The maximum absolute atomic E-state index is 6.08. The fourth-order valence-electron chi connectivity index (χ4n) is 5.79. The first-order valence-electron chi connectivity index (χ1n) is 14.4. The van der Waals surface area contributed by atoms with E-state index >= 15 is 0 Å². The maximum Gasteiger partial charge on any atom is 0.113 e. The van der Waals surface area contributed by atoms with E-state index in [1.54, 1.807) is 12.4 Å². The van der Waals surface area contributed by atoms with Gasteiger partial charge >= 0.3 is 0 Å². The van der Waals surface area contributed by atoms with Crippen molar-refractivity contribution in [2.45, 2.75) is 12.8 Å². The molecule has 2 saturated carbocycles. The van der Waals surface area contributed by atoms with Gasteiger partial charge in [-0.15, -0.1) is 0 Å². The summed E-state index contributed by atoms with van der Waals surface area (Å²) in [5, 5.41) is 4.97. The fourth-order valence-corrected chi connectivity index (χ4v) is 6.89. The van der Waals surface area contributed by atoms with Crippen molar-refractivity contribution in [1.82, 2.24) is 15.3 Å². The summed E-state index contributed by atoms with van der Waals surface area (Å²) in [6, 6.07) is 27.5. The zero-order valence-electron chi connectivity index (χ0n) is 23.6. The minimum atomic E-state index is 0.167. The van der Waals surface area contributed by atoms with E-state index in [4.69, 9.17) is 23.2 Å². The second kappa shape index (κ2) is 13.3. The molecule has 2 aliphatic carbocycles. The van der Waals surface area contributed by atoms with E-state index in [0.29, 0.717) is 11.3 Å². The van der Waals surface area contributed by atoms with Crippen LogP contribution < -0.4 is 10.2 Å². The van der Waals surface area contributed by atoms with Crippen molar-refractivity contribution in [1.29, 1.82) is 0 Å². The average Bonchev–Trinajstić information content (AvgIpc) is 3.81. The molecule has 2 aromatic carbocycles. The Labute approximate surface area is 277 Å². The van der Waals surface area contributed by atoms with Crippen molar-refractivity contribution < 1.29 is 0 Å². The van der Waals surface area contributed by atoms with Crippen LogP contribution in [-0.4, -0.2) is 36.1 Å². The van der Waals surface area contributed by atoms with Crippen molar-refractivity contribution in [2.75, 3.05) is 31.1 Å². The molecule has 216 valence electrons. The van der Waals surface area contributed by atoms with Crippen LogP contribution in [0.4, 0.5) is 5.69 Å². The van der Waals surface area contributed by atoms with Gasteiger partial charge in [-0.2, -0.15) is 0 Å². The number of nitrogens with zero attached hydrogens (tertiary/aromatic N) is 3. The number of rotatable bonds is 1. The number of piperidine rings is 2. The topological polar surface area (TPSA) is 41.1 Å². The molecule has 4 nitrogen and oxygen atoms in total. The Hall–Kier alpha value is -3.07. The molecule has 2 aromatic heterocycles. The van der Waals surface area contributed by atoms with Gasteiger partial charge in [0, 0.05) is 56.7 Å². The molecule has 7 heteroatoms. The van der Waals surface area contributed by atoms with Gasteiger partial charge in [0.1, 0.15) is 11.4 Å². The number of aromatic nitrogens is 2. The number of anilines is 1. The Morgan fingerprint density at radius 3 is 1.95 bits per heavy atom. The first-order chi connectivity index (χ1) is 20.9. The number of nitrogens with one attached hydrogen (secondary N) is 1. The summed E-state index contributed by atoms with van der Waals surface area (Å²) in [5.74, 6) is 14.7. The van der Waals surface area contributed by atoms with Crippen LogP contribution in [0.2, 0.25) is 10.0 Å². The van der Waals surface area contributed by atoms with Crippen molar-refractivity contribution in [3.8, 4) is 23.7 Å². The largest absolute Gasteiger partial charge is 0.370 e. The van der Waals surface area contributed by atoms with Crippen LogP contribution in [0.5, 0.6) is 0 Å². The van der Waals surface area contributed by atoms with Gasteiger partial charge in [0.2, 0.25) is 0 Å². The van der Waals surface area contributed by atoms with Crippen molar-refractivity contribution in [2.24, 2.45) is 22.7 Å². The highest BCUT2D eigenvalue weighted by atomic mass is 127. The van der Waals surface area contributed by atoms with Gasteiger partial charge in [0.15, 0.2) is 0 Å². The highest BCUT2D eigenvalue weighted by Gasteiger charge is 2.59. The summed E-state index contributed by atoms with van der Waals surface area (Å²) in [7, 11) is 0. The number of hydrogen-bond acceptors (Lipinski definition) is 4. The Morgan fingerprint density at radius 1 is 0.767 bits per heavy atom. The zero-order chi connectivity index (χ0) is 29.7. The summed E-state index contributed by atoms with van der Waals surface area (Å²) in [5.41, 5.74) is 3.42. The Kier molecular flexibility index (Phi) is 9.26. The molecule has 0 amide bonds. The average molecular weight is 717 g/mol. The molecule has 4 unspecified atom stereocenters. The van der Waals surface area contributed by atoms with E-state index in [0.717, 1.165) is 53.5 Å². The number of pyridine rings is 2. The van der Waals surface area contributed by atoms with Crippen molar-refractivity contribution in [3.63, 3.8) is 0 Å². The summed E-state index contributed by atoms with van der Waals surface area (Å²) < 4.78 is 1.18. The minimum Gasteiger partial charge on any atom is -0.370 e. The highest BCUT2D eigenvalue weighted by Crippen LogP contribution is 2.58. The van der Waals surface area contributed by atoms with Crippen LogP contribution >= 0.6 is 45.8 Å². The first kappa shape index (κ1) is 30.0. The molecule has 1 N–H and O–H groups in total. The van der Waals surface area contributed by atoms with Crippen molar-refractivity contribution in [3.05, 3.63) is 122 Å². The first-order valence-corrected chi connectivity index (χ1v) is 16.3. The van der Waals surface area contributed by atoms with Gasteiger partial charge in [-0.3, -0.25) is 0 Å². The van der Waals surface area contributed by atoms with Crippen LogP contribution in [0, 0.1) is 49.9 Å². The summed E-state index contributed by atoms with van der Waals surface area (Å²) >= 11 is 13.9. The van der Waals surface area contributed by atoms with Gasteiger partial charge in [0.25, 0.3) is 0 Å². The van der Waals surface area contributed by atoms with Crippen LogP contribution in [0.25, 0.3) is 0 Å². The number of hydrogen-bond donors (Lipinski definition) is 1. The predicted molar refractivity (Wildman–Crippen MR) is 184 cm³/mol. The molecule has 4 aliphatic rings. The Bertz CT molecular complexity index is 1680. The summed E-state index contributed by atoms with van der Waals surface area (Å²) in [6.07, 6.45) is 6.07. The highest BCUT2D eigenvalue weighted by molar-refractivity contribution is 14.1. The molecular formula is C36H31Cl2IN4. The summed E-state index contributed by atoms with van der Waals surface area (Å²) in [6.45, 7) is 4.30. The Morgan fingerprint density at radius 2 is 1.42 bits per heavy atom. The molecule has 8 rings (SSSR count). The third-order valence-electron chi connectivity index (χ3n) is 8.38. The van der Waals surface area contributed by atoms with E-state index < -0.39 is 0 Å². The molecule has 4 atom stereocenters. The molecule has 43 heavy (non-hydrogen) atoms. The van der Waals surface area contributed by atoms with Gasteiger partial charge in [-0.1, -0.05) is 59.3 Å². The fraction of sp³-hybridized carbons (Fsp3) is 0.278. The molecular weight excluding hydrogens is 686 g/mol. The second-order valence-corrected chi connectivity index (χ2v) is 13.6. The van der Waals surface area contributed by atoms with Gasteiger partial charge in [0.05, 0.1) is 5.41 Å². The summed E-state index contributed by atoms with van der Waals surface area (Å²) in [4.78, 5) is 10.9. The van der Waals surface area contributed by atoms with E-state index in [1.165, 1.54) is 22.1 Å². The monoisotopic (exact) mass is 716 g/mol. The van der Waals surface area contributed by atoms with Crippen LogP contribution in [0.15, 0.2) is 97.3 Å². The lowest BCUT2D eigenvalue weighted by molar-refractivity contribution is 0.666. The number of halogens is 3. The maximum atomic E-state index is 6.08. The lowest BCUT2D eigenvalue weighted by Gasteiger charge is -2.21. The number of fused-ring (bicyclic) bond motifs is 2. The van der Waals surface area contributed by atoms with Gasteiger partial charge in [-0.05, 0) is 126 Å². The quantitative estimate of drug-likeness (QED) is 0.163. The van der Waals surface area contributed by atoms with Crippen molar-refractivity contribution >= 4 is 51.5 Å².